The average Bonchev–Trinajstić information content (AvgIpc) is 3.37. The van der Waals surface area contributed by atoms with Crippen LogP contribution in [-0.4, -0.2) is 37.2 Å². The van der Waals surface area contributed by atoms with Crippen LogP contribution in [0.2, 0.25) is 0 Å². The Labute approximate surface area is 220 Å². The van der Waals surface area contributed by atoms with E-state index in [4.69, 9.17) is 15.2 Å². The second-order valence-electron chi connectivity index (χ2n) is 9.20. The summed E-state index contributed by atoms with van der Waals surface area (Å²) in [7, 11) is 1.83. The van der Waals surface area contributed by atoms with Crippen molar-refractivity contribution in [2.75, 3.05) is 5.75 Å². The third-order valence-corrected chi connectivity index (χ3v) is 7.91. The fourth-order valence-electron chi connectivity index (χ4n) is 4.61. The highest BCUT2D eigenvalue weighted by Crippen LogP contribution is 2.43. The predicted octanol–water partition coefficient (Wildman–Crippen LogP) is 4.41. The molecule has 8 nitrogen and oxygen atoms in total. The van der Waals surface area contributed by atoms with Gasteiger partial charge in [-0.3, -0.25) is 0 Å². The van der Waals surface area contributed by atoms with Crippen molar-refractivity contribution in [2.24, 2.45) is 18.7 Å². The van der Waals surface area contributed by atoms with Crippen LogP contribution in [0.4, 0.5) is 0 Å². The number of aliphatic hydroxyl groups is 1. The largest absolute Gasteiger partial charge is 0.392 e. The Morgan fingerprint density at radius 3 is 2.38 bits per heavy atom. The number of tetrazole rings is 1. The second kappa shape index (κ2) is 11.5. The fraction of sp³-hybridized carbons (Fsp3) is 0.321. The van der Waals surface area contributed by atoms with Crippen LogP contribution in [0.15, 0.2) is 78.0 Å². The third kappa shape index (κ3) is 5.61. The molecule has 0 radical (unpaired) electrons. The number of nitrogens with zero attached hydrogens (tertiary/aromatic N) is 4. The van der Waals surface area contributed by atoms with Crippen LogP contribution in [0, 0.1) is 5.92 Å². The summed E-state index contributed by atoms with van der Waals surface area (Å²) in [5, 5.41) is 22.0. The van der Waals surface area contributed by atoms with Crippen LogP contribution in [0.5, 0.6) is 0 Å². The molecule has 1 aliphatic rings. The molecule has 2 heterocycles. The first kappa shape index (κ1) is 25.6. The van der Waals surface area contributed by atoms with Crippen molar-refractivity contribution in [1.82, 2.24) is 20.2 Å². The van der Waals surface area contributed by atoms with E-state index in [1.165, 1.54) is 0 Å². The first-order valence-corrected chi connectivity index (χ1v) is 13.3. The minimum atomic E-state index is -0.527. The lowest BCUT2D eigenvalue weighted by Gasteiger charge is -2.41. The summed E-state index contributed by atoms with van der Waals surface area (Å²) in [4.78, 5) is 0. The topological polar surface area (TPSA) is 108 Å². The smallest absolute Gasteiger partial charge is 0.209 e. The number of thioether (sulfide) groups is 1. The summed E-state index contributed by atoms with van der Waals surface area (Å²) >= 11 is 1.57. The van der Waals surface area contributed by atoms with Gasteiger partial charge in [-0.1, -0.05) is 91.5 Å². The van der Waals surface area contributed by atoms with Gasteiger partial charge < -0.3 is 20.3 Å². The number of aromatic nitrogens is 4. The van der Waals surface area contributed by atoms with Gasteiger partial charge in [-0.2, -0.15) is 0 Å². The Balaban J connectivity index is 1.41. The quantitative estimate of drug-likeness (QED) is 0.331. The van der Waals surface area contributed by atoms with Crippen molar-refractivity contribution in [1.29, 1.82) is 0 Å². The summed E-state index contributed by atoms with van der Waals surface area (Å²) in [6.07, 6.45) is -0.797. The maximum Gasteiger partial charge on any atom is 0.209 e. The van der Waals surface area contributed by atoms with Crippen LogP contribution < -0.4 is 5.73 Å². The summed E-state index contributed by atoms with van der Waals surface area (Å²) in [6, 6.07) is 24.4. The number of aryl methyl sites for hydroxylation is 1. The Morgan fingerprint density at radius 1 is 0.973 bits per heavy atom. The van der Waals surface area contributed by atoms with Crippen molar-refractivity contribution >= 4 is 11.8 Å². The average molecular weight is 518 g/mol. The second-order valence-corrected chi connectivity index (χ2v) is 10.2. The summed E-state index contributed by atoms with van der Waals surface area (Å²) < 4.78 is 14.8. The maximum absolute atomic E-state index is 9.47. The molecule has 4 aromatic rings. The molecule has 0 spiro atoms. The molecule has 1 fully saturated rings. The summed E-state index contributed by atoms with van der Waals surface area (Å²) in [5.41, 5.74) is 12.2. The molecule has 1 saturated heterocycles. The third-order valence-electron chi connectivity index (χ3n) is 6.81. The van der Waals surface area contributed by atoms with Crippen molar-refractivity contribution in [2.45, 2.75) is 43.7 Å². The number of ether oxygens (including phenoxy) is 2. The van der Waals surface area contributed by atoms with E-state index in [0.29, 0.717) is 12.3 Å². The molecule has 0 amide bonds. The Hall–Kier alpha value is -3.08. The number of hydrogen-bond acceptors (Lipinski definition) is 8. The lowest BCUT2D eigenvalue weighted by atomic mass is 9.91. The van der Waals surface area contributed by atoms with Crippen LogP contribution in [0.25, 0.3) is 11.1 Å². The lowest BCUT2D eigenvalue weighted by Crippen LogP contribution is -2.38. The standard InChI is InChI=1S/C28H31N5O3S/c1-18-25(17-37-28-30-31-32-33(28)2)35-27(36-26(18)21-9-7-19(16-34)8-10-21)22-13-11-20(12-14-22)24-6-4-3-5-23(24)15-29/h3-14,18,25-27,34H,15-17,29H2,1-2H3. The number of benzene rings is 3. The highest BCUT2D eigenvalue weighted by molar-refractivity contribution is 7.99. The number of rotatable bonds is 8. The molecule has 0 aliphatic carbocycles. The van der Waals surface area contributed by atoms with E-state index >= 15 is 0 Å². The fourth-order valence-corrected chi connectivity index (χ4v) is 5.62. The number of hydrogen-bond donors (Lipinski definition) is 2. The van der Waals surface area contributed by atoms with Gasteiger partial charge in [0.1, 0.15) is 0 Å². The zero-order valence-electron chi connectivity index (χ0n) is 20.9. The van der Waals surface area contributed by atoms with Gasteiger partial charge in [0.05, 0.1) is 18.8 Å². The highest BCUT2D eigenvalue weighted by atomic mass is 32.2. The molecule has 4 unspecified atom stereocenters. The van der Waals surface area contributed by atoms with Gasteiger partial charge in [0.15, 0.2) is 6.29 Å². The number of nitrogens with two attached hydrogens (primary N) is 1. The van der Waals surface area contributed by atoms with Crippen molar-refractivity contribution in [3.63, 3.8) is 0 Å². The molecule has 5 rings (SSSR count). The van der Waals surface area contributed by atoms with Gasteiger partial charge in [-0.15, -0.1) is 5.10 Å². The zero-order valence-corrected chi connectivity index (χ0v) is 21.7. The lowest BCUT2D eigenvalue weighted by molar-refractivity contribution is -0.268. The van der Waals surface area contributed by atoms with Gasteiger partial charge in [-0.25, -0.2) is 4.68 Å². The minimum Gasteiger partial charge on any atom is -0.392 e. The van der Waals surface area contributed by atoms with E-state index in [0.717, 1.165) is 38.5 Å². The molecule has 9 heteroatoms. The molecule has 1 aromatic heterocycles. The van der Waals surface area contributed by atoms with Crippen LogP contribution in [-0.2, 0) is 29.7 Å². The summed E-state index contributed by atoms with van der Waals surface area (Å²) in [5.74, 6) is 0.767. The number of aliphatic hydroxyl groups excluding tert-OH is 1. The molecule has 1 aliphatic heterocycles. The van der Waals surface area contributed by atoms with E-state index in [9.17, 15) is 5.11 Å². The monoisotopic (exact) mass is 517 g/mol. The first-order chi connectivity index (χ1) is 18.1. The molecule has 192 valence electrons. The van der Waals surface area contributed by atoms with Gasteiger partial charge in [0, 0.05) is 30.8 Å². The molecule has 0 saturated carbocycles. The predicted molar refractivity (Wildman–Crippen MR) is 142 cm³/mol. The van der Waals surface area contributed by atoms with E-state index in [1.54, 1.807) is 16.4 Å². The molecular formula is C28H31N5O3S. The first-order valence-electron chi connectivity index (χ1n) is 12.3. The zero-order chi connectivity index (χ0) is 25.8. The van der Waals surface area contributed by atoms with Crippen molar-refractivity contribution < 1.29 is 14.6 Å². The summed E-state index contributed by atoms with van der Waals surface area (Å²) in [6.45, 7) is 2.65. The SMILES string of the molecule is CC1C(CSc2nnnn2C)OC(c2ccc(-c3ccccc3CN)cc2)OC1c1ccc(CO)cc1. The molecule has 3 aromatic carbocycles. The van der Waals surface area contributed by atoms with E-state index in [-0.39, 0.29) is 24.7 Å². The molecule has 3 N–H and O–H groups in total. The van der Waals surface area contributed by atoms with E-state index < -0.39 is 6.29 Å². The normalized spacial score (nSPS) is 21.7. The van der Waals surface area contributed by atoms with Crippen molar-refractivity contribution in [3.8, 4) is 11.1 Å². The molecule has 0 bridgehead atoms. The van der Waals surface area contributed by atoms with E-state index in [1.807, 2.05) is 43.4 Å². The Morgan fingerprint density at radius 2 is 1.70 bits per heavy atom. The van der Waals surface area contributed by atoms with Gasteiger partial charge in [-0.05, 0) is 38.2 Å². The highest BCUT2D eigenvalue weighted by Gasteiger charge is 2.38. The molecular weight excluding hydrogens is 486 g/mol. The van der Waals surface area contributed by atoms with Crippen LogP contribution in [0.3, 0.4) is 0 Å². The van der Waals surface area contributed by atoms with E-state index in [2.05, 4.69) is 58.8 Å². The Bertz CT molecular complexity index is 1310. The van der Waals surface area contributed by atoms with Gasteiger partial charge >= 0.3 is 0 Å². The van der Waals surface area contributed by atoms with Crippen LogP contribution in [0.1, 0.15) is 41.6 Å². The molecule has 4 atom stereocenters. The maximum atomic E-state index is 9.47. The minimum absolute atomic E-state index is 0.0116. The Kier molecular flexibility index (Phi) is 7.97. The molecule has 37 heavy (non-hydrogen) atoms. The van der Waals surface area contributed by atoms with Gasteiger partial charge in [0.2, 0.25) is 5.16 Å². The van der Waals surface area contributed by atoms with Crippen LogP contribution >= 0.6 is 11.8 Å². The van der Waals surface area contributed by atoms with Gasteiger partial charge in [0.25, 0.3) is 0 Å². The van der Waals surface area contributed by atoms with Crippen molar-refractivity contribution in [3.05, 3.63) is 95.1 Å².